The van der Waals surface area contributed by atoms with Crippen molar-refractivity contribution in [1.82, 2.24) is 0 Å². The Balaban J connectivity index is 2.58. The van der Waals surface area contributed by atoms with E-state index in [4.69, 9.17) is 4.74 Å². The molecule has 2 nitrogen and oxygen atoms in total. The first-order chi connectivity index (χ1) is 6.20. The molecule has 3 atom stereocenters. The van der Waals surface area contributed by atoms with Gasteiger partial charge in [0.25, 0.3) is 0 Å². The van der Waals surface area contributed by atoms with Crippen molar-refractivity contribution in [2.75, 3.05) is 0 Å². The molecule has 0 saturated carbocycles. The van der Waals surface area contributed by atoms with E-state index in [1.165, 1.54) is 0 Å². The summed E-state index contributed by atoms with van der Waals surface area (Å²) in [5.74, 6) is 0.248. The third-order valence-electron chi connectivity index (χ3n) is 2.75. The van der Waals surface area contributed by atoms with E-state index in [2.05, 4.69) is 13.5 Å². The maximum absolute atomic E-state index is 11.4. The number of hydrogen-bond donors (Lipinski definition) is 0. The van der Waals surface area contributed by atoms with Gasteiger partial charge in [-0.25, -0.2) is 0 Å². The Labute approximate surface area is 80.0 Å². The van der Waals surface area contributed by atoms with Crippen LogP contribution < -0.4 is 0 Å². The minimum atomic E-state index is -0.0362. The molecular weight excluding hydrogens is 164 g/mol. The summed E-state index contributed by atoms with van der Waals surface area (Å²) in [4.78, 5) is 11.4. The molecule has 74 valence electrons. The predicted octanol–water partition coefficient (Wildman–Crippen LogP) is 2.54. The van der Waals surface area contributed by atoms with E-state index in [1.54, 1.807) is 0 Å². The van der Waals surface area contributed by atoms with Gasteiger partial charge in [-0.2, -0.15) is 0 Å². The molecule has 13 heavy (non-hydrogen) atoms. The zero-order chi connectivity index (χ0) is 9.84. The van der Waals surface area contributed by atoms with Crippen molar-refractivity contribution < 1.29 is 9.53 Å². The van der Waals surface area contributed by atoms with Crippen LogP contribution in [0.3, 0.4) is 0 Å². The summed E-state index contributed by atoms with van der Waals surface area (Å²) in [6.45, 7) is 7.83. The smallest absolute Gasteiger partial charge is 0.309 e. The summed E-state index contributed by atoms with van der Waals surface area (Å²) in [6, 6.07) is 0. The molecule has 0 amide bonds. The Hall–Kier alpha value is -0.790. The molecule has 0 aliphatic carbocycles. The van der Waals surface area contributed by atoms with Gasteiger partial charge in [-0.15, -0.1) is 6.58 Å². The summed E-state index contributed by atoms with van der Waals surface area (Å²) in [5, 5.41) is 0. The Bertz CT molecular complexity index is 198. The second-order valence-electron chi connectivity index (χ2n) is 3.70. The lowest BCUT2D eigenvalue weighted by Crippen LogP contribution is -2.16. The molecule has 1 rings (SSSR count). The molecule has 0 aromatic carbocycles. The highest BCUT2D eigenvalue weighted by Gasteiger charge is 2.39. The summed E-state index contributed by atoms with van der Waals surface area (Å²) in [7, 11) is 0. The lowest BCUT2D eigenvalue weighted by atomic mass is 9.87. The normalized spacial score (nSPS) is 33.1. The fourth-order valence-corrected chi connectivity index (χ4v) is 1.92. The molecule has 1 aliphatic heterocycles. The van der Waals surface area contributed by atoms with Crippen molar-refractivity contribution in [2.45, 2.75) is 39.2 Å². The standard InChI is InChI=1S/C11H18O2/c1-4-6-7-10-9(5-2)8(3)13-11(10)12/h5,8-10H,2,4,6-7H2,1,3H3. The Morgan fingerprint density at radius 1 is 1.62 bits per heavy atom. The van der Waals surface area contributed by atoms with Crippen LogP contribution in [0.2, 0.25) is 0 Å². The van der Waals surface area contributed by atoms with Crippen molar-refractivity contribution >= 4 is 5.97 Å². The molecule has 1 saturated heterocycles. The first kappa shape index (κ1) is 10.3. The van der Waals surface area contributed by atoms with Crippen molar-refractivity contribution in [3.63, 3.8) is 0 Å². The van der Waals surface area contributed by atoms with Crippen molar-refractivity contribution in [3.8, 4) is 0 Å². The summed E-state index contributed by atoms with van der Waals surface area (Å²) in [5.41, 5.74) is 0. The third-order valence-corrected chi connectivity index (χ3v) is 2.75. The van der Waals surface area contributed by atoms with E-state index >= 15 is 0 Å². The molecule has 0 N–H and O–H groups in total. The van der Waals surface area contributed by atoms with Crippen molar-refractivity contribution in [1.29, 1.82) is 0 Å². The van der Waals surface area contributed by atoms with Crippen LogP contribution in [0.1, 0.15) is 33.1 Å². The van der Waals surface area contributed by atoms with Gasteiger partial charge in [-0.3, -0.25) is 4.79 Å². The Morgan fingerprint density at radius 3 is 2.85 bits per heavy atom. The van der Waals surface area contributed by atoms with Crippen LogP contribution in [0, 0.1) is 11.8 Å². The highest BCUT2D eigenvalue weighted by Crippen LogP contribution is 2.32. The lowest BCUT2D eigenvalue weighted by molar-refractivity contribution is -0.143. The van der Waals surface area contributed by atoms with Crippen LogP contribution in [0.4, 0.5) is 0 Å². The number of hydrogen-bond acceptors (Lipinski definition) is 2. The zero-order valence-corrected chi connectivity index (χ0v) is 8.45. The minimum Gasteiger partial charge on any atom is -0.462 e. The van der Waals surface area contributed by atoms with Gasteiger partial charge < -0.3 is 4.74 Å². The Kier molecular flexibility index (Phi) is 3.52. The van der Waals surface area contributed by atoms with E-state index in [1.807, 2.05) is 13.0 Å². The quantitative estimate of drug-likeness (QED) is 0.493. The Morgan fingerprint density at radius 2 is 2.31 bits per heavy atom. The van der Waals surface area contributed by atoms with E-state index in [9.17, 15) is 4.79 Å². The molecule has 1 heterocycles. The van der Waals surface area contributed by atoms with Crippen molar-refractivity contribution in [2.24, 2.45) is 11.8 Å². The number of rotatable bonds is 4. The molecule has 0 bridgehead atoms. The molecule has 1 fully saturated rings. The largest absolute Gasteiger partial charge is 0.462 e. The number of esters is 1. The van der Waals surface area contributed by atoms with Crippen LogP contribution >= 0.6 is 0 Å². The van der Waals surface area contributed by atoms with Gasteiger partial charge in [0.1, 0.15) is 6.10 Å². The SMILES string of the molecule is C=CC1C(C)OC(=O)C1CCCC. The molecule has 0 aromatic rings. The number of unbranched alkanes of at least 4 members (excludes halogenated alkanes) is 1. The van der Waals surface area contributed by atoms with Gasteiger partial charge in [0.05, 0.1) is 5.92 Å². The summed E-state index contributed by atoms with van der Waals surface area (Å²) in [6.07, 6.45) is 5.04. The van der Waals surface area contributed by atoms with E-state index < -0.39 is 0 Å². The van der Waals surface area contributed by atoms with Crippen LogP contribution in [-0.4, -0.2) is 12.1 Å². The third kappa shape index (κ3) is 2.11. The minimum absolute atomic E-state index is 0.0202. The molecule has 3 unspecified atom stereocenters. The first-order valence-electron chi connectivity index (χ1n) is 5.03. The summed E-state index contributed by atoms with van der Waals surface area (Å²) < 4.78 is 5.16. The average Bonchev–Trinajstić information content (AvgIpc) is 2.37. The molecule has 1 aliphatic rings. The highest BCUT2D eigenvalue weighted by molar-refractivity contribution is 5.75. The number of carbonyl (C=O) groups is 1. The molecule has 0 spiro atoms. The fraction of sp³-hybridized carbons (Fsp3) is 0.727. The van der Waals surface area contributed by atoms with Gasteiger partial charge in [0, 0.05) is 5.92 Å². The van der Waals surface area contributed by atoms with Gasteiger partial charge in [-0.1, -0.05) is 25.8 Å². The number of carbonyl (C=O) groups excluding carboxylic acids is 1. The highest BCUT2D eigenvalue weighted by atomic mass is 16.6. The molecule has 0 radical (unpaired) electrons. The van der Waals surface area contributed by atoms with E-state index in [0.29, 0.717) is 0 Å². The monoisotopic (exact) mass is 182 g/mol. The number of ether oxygens (including phenoxy) is 1. The second kappa shape index (κ2) is 4.45. The fourth-order valence-electron chi connectivity index (χ4n) is 1.92. The van der Waals surface area contributed by atoms with Crippen molar-refractivity contribution in [3.05, 3.63) is 12.7 Å². The molecule has 2 heteroatoms. The van der Waals surface area contributed by atoms with Crippen LogP contribution in [0.15, 0.2) is 12.7 Å². The molecule has 0 aromatic heterocycles. The van der Waals surface area contributed by atoms with Gasteiger partial charge in [0.2, 0.25) is 0 Å². The first-order valence-corrected chi connectivity index (χ1v) is 5.03. The average molecular weight is 182 g/mol. The maximum atomic E-state index is 11.4. The second-order valence-corrected chi connectivity index (χ2v) is 3.70. The predicted molar refractivity (Wildman–Crippen MR) is 52.3 cm³/mol. The zero-order valence-electron chi connectivity index (χ0n) is 8.45. The van der Waals surface area contributed by atoms with Crippen LogP contribution in [0.5, 0.6) is 0 Å². The molecular formula is C11H18O2. The number of cyclic esters (lactones) is 1. The maximum Gasteiger partial charge on any atom is 0.309 e. The van der Waals surface area contributed by atoms with E-state index in [-0.39, 0.29) is 23.9 Å². The summed E-state index contributed by atoms with van der Waals surface area (Å²) >= 11 is 0. The lowest BCUT2D eigenvalue weighted by Gasteiger charge is -2.12. The van der Waals surface area contributed by atoms with Gasteiger partial charge >= 0.3 is 5.97 Å². The van der Waals surface area contributed by atoms with E-state index in [0.717, 1.165) is 19.3 Å². The van der Waals surface area contributed by atoms with Crippen LogP contribution in [-0.2, 0) is 9.53 Å². The topological polar surface area (TPSA) is 26.3 Å². The van der Waals surface area contributed by atoms with Gasteiger partial charge in [0.15, 0.2) is 0 Å². The van der Waals surface area contributed by atoms with Gasteiger partial charge in [-0.05, 0) is 13.3 Å². The van der Waals surface area contributed by atoms with Crippen LogP contribution in [0.25, 0.3) is 0 Å².